The molecule has 1 heterocycles. The number of para-hydroxylation sites is 1. The highest BCUT2D eigenvalue weighted by atomic mass is 35.5. The van der Waals surface area contributed by atoms with Gasteiger partial charge in [0.25, 0.3) is 17.5 Å². The average Bonchev–Trinajstić information content (AvgIpc) is 3.40. The number of anilines is 2. The van der Waals surface area contributed by atoms with E-state index in [1.165, 1.54) is 18.2 Å². The molecule has 308 valence electrons. The normalized spacial score (nSPS) is 13.5. The molecular formula is C36H40Cl2FN4O13P. The smallest absolute Gasteiger partial charge is 0.344 e. The lowest BCUT2D eigenvalue weighted by Gasteiger charge is -2.18. The molecule has 0 saturated heterocycles. The lowest BCUT2D eigenvalue weighted by atomic mass is 9.93. The molecule has 57 heavy (non-hydrogen) atoms. The van der Waals surface area contributed by atoms with Crippen molar-refractivity contribution in [2.24, 2.45) is 0 Å². The fourth-order valence-corrected chi connectivity index (χ4v) is 6.01. The number of nitro benzene ring substituents is 1. The van der Waals surface area contributed by atoms with Crippen LogP contribution in [-0.4, -0.2) is 69.6 Å². The Morgan fingerprint density at radius 3 is 2.21 bits per heavy atom. The number of nitro groups is 1. The highest BCUT2D eigenvalue weighted by molar-refractivity contribution is 7.51. The third-order valence-corrected chi connectivity index (χ3v) is 9.19. The highest BCUT2D eigenvalue weighted by Gasteiger charge is 2.41. The molecule has 1 aliphatic heterocycles. The summed E-state index contributed by atoms with van der Waals surface area (Å²) >= 11 is 12.0. The van der Waals surface area contributed by atoms with Crippen LogP contribution in [0.15, 0.2) is 65.7 Å². The van der Waals surface area contributed by atoms with Gasteiger partial charge in [0, 0.05) is 23.3 Å². The van der Waals surface area contributed by atoms with Crippen LogP contribution in [0.2, 0.25) is 10.0 Å². The first-order valence-electron chi connectivity index (χ1n) is 17.3. The predicted molar refractivity (Wildman–Crippen MR) is 207 cm³/mol. The molecule has 0 bridgehead atoms. The number of carboxylic acid groups (broad SMARTS) is 1. The number of hydrogen-bond donors (Lipinski definition) is 5. The fraction of sp³-hybridized carbons (Fsp3) is 0.333. The van der Waals surface area contributed by atoms with E-state index in [1.54, 1.807) is 24.3 Å². The number of ether oxygens (including phenoxy) is 3. The van der Waals surface area contributed by atoms with Crippen molar-refractivity contribution in [3.63, 3.8) is 0 Å². The van der Waals surface area contributed by atoms with Crippen LogP contribution in [0, 0.1) is 15.9 Å². The topological polar surface area (TPSA) is 258 Å². The SMILES string of the molecule is CCCCCOC(=O)COc1cc(N2C(=O)C3=C(CCCC3)C2=O)c(F)cc1Cl.Nc1c([N+](=O)[O-])ccc(Oc2ccccc2)c1Cl.O=C(O)CNCP(=O)(O)O. The average molecular weight is 858 g/mol. The molecule has 21 heteroatoms. The standard InChI is InChI=1S/C21H23ClFNO5.C12H9ClN2O3.C3H8NO5P/c1-2-3-6-9-28-19(25)12-29-18-11-17(16(23)10-15(18)22)24-20(26)13-7-4-5-8-14(13)21(24)27;13-11-10(18-8-4-2-1-3-5-8)7-6-9(12(11)14)15(16)17;5-3(6)1-4-2-10(7,8)9/h10-11H,2-9,12H2,1H3;1-7H,14H2;4H,1-2H2,(H,5,6)(H2,7,8,9). The molecule has 6 N–H and O–H groups in total. The highest BCUT2D eigenvalue weighted by Crippen LogP contribution is 2.40. The maximum atomic E-state index is 14.5. The molecule has 5 rings (SSSR count). The van der Waals surface area contributed by atoms with Crippen molar-refractivity contribution in [3.05, 3.63) is 91.7 Å². The molecule has 0 spiro atoms. The van der Waals surface area contributed by atoms with Crippen LogP contribution in [-0.2, 0) is 28.5 Å². The zero-order valence-corrected chi connectivity index (χ0v) is 32.9. The number of amides is 2. The molecule has 0 radical (unpaired) electrons. The number of carbonyl (C=O) groups excluding carboxylic acids is 3. The van der Waals surface area contributed by atoms with Gasteiger partial charge in [-0.25, -0.2) is 14.1 Å². The number of carboxylic acids is 1. The summed E-state index contributed by atoms with van der Waals surface area (Å²) < 4.78 is 40.5. The number of nitrogens with two attached hydrogens (primary N) is 1. The minimum atomic E-state index is -4.10. The lowest BCUT2D eigenvalue weighted by molar-refractivity contribution is -0.383. The summed E-state index contributed by atoms with van der Waals surface area (Å²) in [5, 5.41) is 20.7. The molecule has 17 nitrogen and oxygen atoms in total. The number of halogens is 3. The van der Waals surface area contributed by atoms with Crippen LogP contribution in [0.3, 0.4) is 0 Å². The van der Waals surface area contributed by atoms with Crippen LogP contribution in [0.4, 0.5) is 21.5 Å². The summed E-state index contributed by atoms with van der Waals surface area (Å²) in [5.74, 6) is -2.69. The molecule has 2 aliphatic rings. The van der Waals surface area contributed by atoms with E-state index in [0.29, 0.717) is 36.3 Å². The fourth-order valence-electron chi connectivity index (χ4n) is 5.20. The molecule has 0 fully saturated rings. The van der Waals surface area contributed by atoms with E-state index in [0.717, 1.165) is 43.1 Å². The number of benzene rings is 3. The number of imide groups is 1. The van der Waals surface area contributed by atoms with Gasteiger partial charge in [-0.05, 0) is 56.4 Å². The van der Waals surface area contributed by atoms with Crippen LogP contribution in [0.1, 0.15) is 51.9 Å². The van der Waals surface area contributed by atoms with Gasteiger partial charge < -0.3 is 34.8 Å². The van der Waals surface area contributed by atoms with E-state index in [9.17, 15) is 38.2 Å². The molecule has 0 saturated carbocycles. The van der Waals surface area contributed by atoms with Crippen molar-refractivity contribution < 1.29 is 62.2 Å². The second kappa shape index (κ2) is 22.0. The first-order valence-corrected chi connectivity index (χ1v) is 19.8. The Bertz CT molecular complexity index is 2000. The Balaban J connectivity index is 0.000000263. The van der Waals surface area contributed by atoms with Crippen molar-refractivity contribution in [3.8, 4) is 17.2 Å². The first-order chi connectivity index (χ1) is 26.9. The predicted octanol–water partition coefficient (Wildman–Crippen LogP) is 6.75. The number of hydrogen-bond acceptors (Lipinski definition) is 12. The Kier molecular flexibility index (Phi) is 17.9. The number of esters is 1. The monoisotopic (exact) mass is 856 g/mol. The van der Waals surface area contributed by atoms with Gasteiger partial charge in [-0.1, -0.05) is 61.2 Å². The van der Waals surface area contributed by atoms with Gasteiger partial charge in [0.2, 0.25) is 0 Å². The van der Waals surface area contributed by atoms with Crippen molar-refractivity contribution in [1.29, 1.82) is 0 Å². The third kappa shape index (κ3) is 14.1. The van der Waals surface area contributed by atoms with Gasteiger partial charge in [0.05, 0.1) is 35.1 Å². The minimum absolute atomic E-state index is 0.000883. The number of nitrogens with zero attached hydrogens (tertiary/aromatic N) is 2. The molecule has 0 atom stereocenters. The summed E-state index contributed by atoms with van der Waals surface area (Å²) in [6.45, 7) is 1.49. The van der Waals surface area contributed by atoms with E-state index in [-0.39, 0.29) is 38.6 Å². The number of rotatable bonds is 15. The minimum Gasteiger partial charge on any atom is -0.480 e. The summed E-state index contributed by atoms with van der Waals surface area (Å²) in [7, 11) is -4.10. The summed E-state index contributed by atoms with van der Waals surface area (Å²) in [6.07, 6.45) is 4.80. The summed E-state index contributed by atoms with van der Waals surface area (Å²) in [4.78, 5) is 74.2. The van der Waals surface area contributed by atoms with Crippen molar-refractivity contribution in [2.75, 3.05) is 36.7 Å². The Hall–Kier alpha value is -5.10. The summed E-state index contributed by atoms with van der Waals surface area (Å²) in [5.41, 5.74) is 5.92. The van der Waals surface area contributed by atoms with Crippen LogP contribution >= 0.6 is 30.8 Å². The number of carbonyl (C=O) groups is 4. The van der Waals surface area contributed by atoms with Gasteiger partial charge >= 0.3 is 19.5 Å². The Labute approximate surface area is 335 Å². The Morgan fingerprint density at radius 2 is 1.65 bits per heavy atom. The van der Waals surface area contributed by atoms with Gasteiger partial charge in [-0.15, -0.1) is 0 Å². The lowest BCUT2D eigenvalue weighted by Crippen LogP contribution is -2.32. The van der Waals surface area contributed by atoms with E-state index in [4.69, 9.17) is 58.0 Å². The van der Waals surface area contributed by atoms with E-state index in [1.807, 2.05) is 13.0 Å². The van der Waals surface area contributed by atoms with Crippen LogP contribution < -0.4 is 25.4 Å². The number of unbranched alkanes of at least 4 members (excludes halogenated alkanes) is 2. The van der Waals surface area contributed by atoms with Gasteiger partial charge in [-0.3, -0.25) is 34.4 Å². The number of nitrogen functional groups attached to an aromatic ring is 1. The van der Waals surface area contributed by atoms with Crippen molar-refractivity contribution in [1.82, 2.24) is 5.32 Å². The van der Waals surface area contributed by atoms with E-state index < -0.39 is 61.5 Å². The van der Waals surface area contributed by atoms with Gasteiger partial charge in [0.15, 0.2) is 6.61 Å². The second-order valence-corrected chi connectivity index (χ2v) is 14.6. The molecule has 0 unspecified atom stereocenters. The quantitative estimate of drug-likeness (QED) is 0.0201. The molecule has 0 aromatic heterocycles. The number of nitrogens with one attached hydrogen (secondary N) is 1. The Morgan fingerprint density at radius 1 is 1.02 bits per heavy atom. The van der Waals surface area contributed by atoms with Crippen molar-refractivity contribution >= 4 is 71.6 Å². The maximum absolute atomic E-state index is 14.5. The molecule has 1 aliphatic carbocycles. The van der Waals surface area contributed by atoms with Gasteiger partial charge in [0.1, 0.15) is 33.8 Å². The number of aliphatic carboxylic acids is 1. The van der Waals surface area contributed by atoms with E-state index >= 15 is 0 Å². The van der Waals surface area contributed by atoms with Crippen LogP contribution in [0.25, 0.3) is 0 Å². The van der Waals surface area contributed by atoms with E-state index in [2.05, 4.69) is 5.32 Å². The molecule has 3 aromatic carbocycles. The molecular weight excluding hydrogens is 817 g/mol. The van der Waals surface area contributed by atoms with Crippen molar-refractivity contribution in [2.45, 2.75) is 51.9 Å². The third-order valence-electron chi connectivity index (χ3n) is 7.87. The zero-order valence-electron chi connectivity index (χ0n) is 30.5. The maximum Gasteiger partial charge on any atom is 0.344 e. The zero-order chi connectivity index (χ0) is 42.3. The largest absolute Gasteiger partial charge is 0.480 e. The van der Waals surface area contributed by atoms with Gasteiger partial charge in [-0.2, -0.15) is 0 Å². The molecule has 2 amide bonds. The molecule has 3 aromatic rings. The second-order valence-electron chi connectivity index (χ2n) is 12.2. The first kappa shape index (κ1) is 46.3. The summed E-state index contributed by atoms with van der Waals surface area (Å²) in [6, 6.07) is 13.8. The van der Waals surface area contributed by atoms with Crippen LogP contribution in [0.5, 0.6) is 17.2 Å².